The fourth-order valence-corrected chi connectivity index (χ4v) is 2.54. The van der Waals surface area contributed by atoms with E-state index in [2.05, 4.69) is 0 Å². The second kappa shape index (κ2) is 7.60. The van der Waals surface area contributed by atoms with Gasteiger partial charge in [0.15, 0.2) is 0 Å². The van der Waals surface area contributed by atoms with Crippen LogP contribution >= 0.6 is 0 Å². The highest BCUT2D eigenvalue weighted by Gasteiger charge is 2.28. The number of nitrogens with zero attached hydrogens (tertiary/aromatic N) is 2. The molecule has 0 radical (unpaired) electrons. The highest BCUT2D eigenvalue weighted by Crippen LogP contribution is 2.30. The minimum absolute atomic E-state index is 0.143. The van der Waals surface area contributed by atoms with E-state index in [1.807, 2.05) is 26.8 Å². The minimum Gasteiger partial charge on any atom is -0.497 e. The van der Waals surface area contributed by atoms with Crippen molar-refractivity contribution in [2.45, 2.75) is 45.3 Å². The molecule has 2 rings (SSSR count). The lowest BCUT2D eigenvalue weighted by Crippen LogP contribution is -2.44. The second-order valence-electron chi connectivity index (χ2n) is 6.88. The Morgan fingerprint density at radius 3 is 2.48 bits per heavy atom. The van der Waals surface area contributed by atoms with Crippen LogP contribution in [0.15, 0.2) is 12.1 Å². The molecule has 0 saturated carbocycles. The maximum atomic E-state index is 13.9. The molecule has 0 aromatic heterocycles. The summed E-state index contributed by atoms with van der Waals surface area (Å²) in [6.45, 7) is 6.42. The standard InChI is InChI=1S/C18H23FN2O4/c1-18(2,3)25-17(22)21-7-5-12(6-8-21)24-16-10-13(23-4)9-15(19)14(16)11-20/h9-10,12H,5-8H2,1-4H3. The lowest BCUT2D eigenvalue weighted by atomic mass is 10.1. The summed E-state index contributed by atoms with van der Waals surface area (Å²) in [6.07, 6.45) is 0.583. The van der Waals surface area contributed by atoms with Gasteiger partial charge in [-0.05, 0) is 20.8 Å². The van der Waals surface area contributed by atoms with Gasteiger partial charge in [-0.1, -0.05) is 0 Å². The topological polar surface area (TPSA) is 71.8 Å². The maximum absolute atomic E-state index is 13.9. The predicted octanol–water partition coefficient (Wildman–Crippen LogP) is 3.48. The van der Waals surface area contributed by atoms with E-state index in [9.17, 15) is 9.18 Å². The van der Waals surface area contributed by atoms with Gasteiger partial charge in [-0.15, -0.1) is 0 Å². The number of carbonyl (C=O) groups excluding carboxylic acids is 1. The van der Waals surface area contributed by atoms with Gasteiger partial charge in [0.05, 0.1) is 7.11 Å². The number of methoxy groups -OCH3 is 1. The summed E-state index contributed by atoms with van der Waals surface area (Å²) in [4.78, 5) is 13.7. The smallest absolute Gasteiger partial charge is 0.410 e. The molecule has 1 heterocycles. The summed E-state index contributed by atoms with van der Waals surface area (Å²) >= 11 is 0. The van der Waals surface area contributed by atoms with Gasteiger partial charge in [0.1, 0.15) is 40.7 Å². The fourth-order valence-electron chi connectivity index (χ4n) is 2.54. The van der Waals surface area contributed by atoms with Gasteiger partial charge < -0.3 is 19.1 Å². The van der Waals surface area contributed by atoms with Gasteiger partial charge in [-0.25, -0.2) is 9.18 Å². The Hall–Kier alpha value is -2.49. The molecule has 1 aromatic rings. The van der Waals surface area contributed by atoms with Crippen molar-refractivity contribution in [1.29, 1.82) is 5.26 Å². The number of rotatable bonds is 3. The number of amides is 1. The molecule has 0 N–H and O–H groups in total. The first kappa shape index (κ1) is 18.8. The largest absolute Gasteiger partial charge is 0.497 e. The predicted molar refractivity (Wildman–Crippen MR) is 89.1 cm³/mol. The Morgan fingerprint density at radius 1 is 1.32 bits per heavy atom. The number of nitriles is 1. The van der Waals surface area contributed by atoms with Crippen LogP contribution in [0.1, 0.15) is 39.2 Å². The summed E-state index contributed by atoms with van der Waals surface area (Å²) in [5.41, 5.74) is -0.681. The summed E-state index contributed by atoms with van der Waals surface area (Å²) in [7, 11) is 1.42. The van der Waals surface area contributed by atoms with E-state index in [1.165, 1.54) is 13.2 Å². The third kappa shape index (κ3) is 4.99. The molecule has 0 aliphatic carbocycles. The molecular weight excluding hydrogens is 327 g/mol. The van der Waals surface area contributed by atoms with Crippen molar-refractivity contribution in [3.05, 3.63) is 23.5 Å². The average molecular weight is 350 g/mol. The maximum Gasteiger partial charge on any atom is 0.410 e. The molecular formula is C18H23FN2O4. The Morgan fingerprint density at radius 2 is 1.96 bits per heavy atom. The lowest BCUT2D eigenvalue weighted by molar-refractivity contribution is 0.0126. The molecule has 6 nitrogen and oxygen atoms in total. The van der Waals surface area contributed by atoms with E-state index in [0.29, 0.717) is 25.9 Å². The van der Waals surface area contributed by atoms with Crippen molar-refractivity contribution >= 4 is 6.09 Å². The number of benzene rings is 1. The number of halogens is 1. The van der Waals surface area contributed by atoms with Crippen molar-refractivity contribution < 1.29 is 23.4 Å². The van der Waals surface area contributed by atoms with Gasteiger partial charge in [0.2, 0.25) is 0 Å². The van der Waals surface area contributed by atoms with E-state index < -0.39 is 11.4 Å². The molecule has 1 aliphatic rings. The van der Waals surface area contributed by atoms with E-state index in [-0.39, 0.29) is 29.3 Å². The average Bonchev–Trinajstić information content (AvgIpc) is 2.53. The number of hydrogen-bond acceptors (Lipinski definition) is 5. The van der Waals surface area contributed by atoms with E-state index in [4.69, 9.17) is 19.5 Å². The monoisotopic (exact) mass is 350 g/mol. The van der Waals surface area contributed by atoms with Crippen LogP contribution in [0.4, 0.5) is 9.18 Å². The first-order valence-electron chi connectivity index (χ1n) is 8.15. The third-order valence-electron chi connectivity index (χ3n) is 3.76. The zero-order chi connectivity index (χ0) is 18.6. The third-order valence-corrected chi connectivity index (χ3v) is 3.76. The number of carbonyl (C=O) groups is 1. The first-order chi connectivity index (χ1) is 11.7. The zero-order valence-electron chi connectivity index (χ0n) is 15.0. The molecule has 7 heteroatoms. The van der Waals surface area contributed by atoms with Gasteiger partial charge in [-0.2, -0.15) is 5.26 Å². The van der Waals surface area contributed by atoms with Gasteiger partial charge in [0, 0.05) is 38.1 Å². The Labute approximate surface area is 147 Å². The second-order valence-corrected chi connectivity index (χ2v) is 6.88. The molecule has 1 saturated heterocycles. The van der Waals surface area contributed by atoms with E-state index >= 15 is 0 Å². The Bertz CT molecular complexity index is 671. The lowest BCUT2D eigenvalue weighted by Gasteiger charge is -2.33. The molecule has 136 valence electrons. The number of likely N-dealkylation sites (tertiary alicyclic amines) is 1. The van der Waals surface area contributed by atoms with Crippen LogP contribution in [-0.4, -0.2) is 42.9 Å². The highest BCUT2D eigenvalue weighted by atomic mass is 19.1. The van der Waals surface area contributed by atoms with Crippen LogP contribution in [0.5, 0.6) is 11.5 Å². The molecule has 1 aromatic carbocycles. The van der Waals surface area contributed by atoms with Crippen LogP contribution in [-0.2, 0) is 4.74 Å². The quantitative estimate of drug-likeness (QED) is 0.834. The molecule has 1 amide bonds. The van der Waals surface area contributed by atoms with Gasteiger partial charge >= 0.3 is 6.09 Å². The van der Waals surface area contributed by atoms with Gasteiger partial charge in [-0.3, -0.25) is 0 Å². The summed E-state index contributed by atoms with van der Waals surface area (Å²) in [6, 6.07) is 4.47. The number of ether oxygens (including phenoxy) is 3. The summed E-state index contributed by atoms with van der Waals surface area (Å²) < 4.78 is 30.1. The Kier molecular flexibility index (Phi) is 5.73. The molecule has 0 spiro atoms. The molecule has 0 bridgehead atoms. The SMILES string of the molecule is COc1cc(F)c(C#N)c(OC2CCN(C(=O)OC(C)(C)C)CC2)c1. The number of piperidine rings is 1. The molecule has 0 atom stereocenters. The first-order valence-corrected chi connectivity index (χ1v) is 8.15. The molecule has 1 aliphatic heterocycles. The zero-order valence-corrected chi connectivity index (χ0v) is 15.0. The van der Waals surface area contributed by atoms with Crippen molar-refractivity contribution in [2.75, 3.05) is 20.2 Å². The van der Waals surface area contributed by atoms with Crippen LogP contribution in [0.2, 0.25) is 0 Å². The molecule has 25 heavy (non-hydrogen) atoms. The van der Waals surface area contributed by atoms with Crippen molar-refractivity contribution in [1.82, 2.24) is 4.90 Å². The van der Waals surface area contributed by atoms with Crippen LogP contribution in [0, 0.1) is 17.1 Å². The normalized spacial score (nSPS) is 15.4. The number of hydrogen-bond donors (Lipinski definition) is 0. The van der Waals surface area contributed by atoms with Crippen molar-refractivity contribution in [3.8, 4) is 17.6 Å². The molecule has 0 unspecified atom stereocenters. The minimum atomic E-state index is -0.678. The Balaban J connectivity index is 2.00. The summed E-state index contributed by atoms with van der Waals surface area (Å²) in [5, 5.41) is 9.14. The molecule has 1 fully saturated rings. The van der Waals surface area contributed by atoms with E-state index in [0.717, 1.165) is 6.07 Å². The van der Waals surface area contributed by atoms with Crippen LogP contribution in [0.3, 0.4) is 0 Å². The van der Waals surface area contributed by atoms with Crippen molar-refractivity contribution in [2.24, 2.45) is 0 Å². The fraction of sp³-hybridized carbons (Fsp3) is 0.556. The van der Waals surface area contributed by atoms with Crippen LogP contribution in [0.25, 0.3) is 0 Å². The highest BCUT2D eigenvalue weighted by molar-refractivity contribution is 5.68. The summed E-state index contributed by atoms with van der Waals surface area (Å²) in [5.74, 6) is -0.226. The van der Waals surface area contributed by atoms with Gasteiger partial charge in [0.25, 0.3) is 0 Å². The van der Waals surface area contributed by atoms with Crippen LogP contribution < -0.4 is 9.47 Å². The van der Waals surface area contributed by atoms with E-state index in [1.54, 1.807) is 4.90 Å². The van der Waals surface area contributed by atoms with Crippen molar-refractivity contribution in [3.63, 3.8) is 0 Å².